The fourth-order valence-electron chi connectivity index (χ4n) is 2.83. The van der Waals surface area contributed by atoms with Crippen LogP contribution in [0.5, 0.6) is 5.75 Å². The second kappa shape index (κ2) is 5.13. The van der Waals surface area contributed by atoms with E-state index in [2.05, 4.69) is 9.97 Å². The molecule has 0 unspecified atom stereocenters. The first-order valence-corrected chi connectivity index (χ1v) is 7.17. The molecule has 0 radical (unpaired) electrons. The van der Waals surface area contributed by atoms with Crippen LogP contribution in [-0.4, -0.2) is 21.0 Å². The van der Waals surface area contributed by atoms with Gasteiger partial charge in [-0.25, -0.2) is 13.8 Å². The predicted octanol–water partition coefficient (Wildman–Crippen LogP) is 4.38. The maximum absolute atomic E-state index is 13.2. The van der Waals surface area contributed by atoms with Crippen LogP contribution in [0, 0.1) is 6.92 Å². The first-order chi connectivity index (χ1) is 9.94. The number of nitrogens with one attached hydrogen (secondary N) is 1. The molecule has 0 spiro atoms. The van der Waals surface area contributed by atoms with Crippen LogP contribution in [0.25, 0.3) is 11.3 Å². The van der Waals surface area contributed by atoms with E-state index in [0.717, 1.165) is 22.6 Å². The van der Waals surface area contributed by atoms with E-state index in [1.165, 1.54) is 0 Å². The van der Waals surface area contributed by atoms with Crippen LogP contribution in [0.4, 0.5) is 8.78 Å². The van der Waals surface area contributed by atoms with E-state index < -0.39 is 5.92 Å². The van der Waals surface area contributed by atoms with E-state index >= 15 is 0 Å². The third-order valence-corrected chi connectivity index (χ3v) is 4.21. The number of halogens is 2. The van der Waals surface area contributed by atoms with Crippen LogP contribution >= 0.6 is 0 Å². The van der Waals surface area contributed by atoms with E-state index in [4.69, 9.17) is 0 Å². The number of phenolic OH excluding ortho intramolecular Hbond substituents is 1. The number of hydrogen-bond donors (Lipinski definition) is 2. The lowest BCUT2D eigenvalue weighted by molar-refractivity contribution is -0.0387. The van der Waals surface area contributed by atoms with Crippen LogP contribution in [-0.2, 0) is 0 Å². The van der Waals surface area contributed by atoms with Crippen molar-refractivity contribution in [3.05, 3.63) is 35.8 Å². The maximum atomic E-state index is 13.2. The SMILES string of the molecule is Cc1cc(-c2cnc(C3CCC(F)(F)CC3)[nH]2)ccc1O. The second-order valence-electron chi connectivity index (χ2n) is 5.81. The number of aromatic hydroxyl groups is 1. The topological polar surface area (TPSA) is 48.9 Å². The summed E-state index contributed by atoms with van der Waals surface area (Å²) in [4.78, 5) is 7.59. The van der Waals surface area contributed by atoms with Gasteiger partial charge in [-0.3, -0.25) is 0 Å². The lowest BCUT2D eigenvalue weighted by Gasteiger charge is -2.26. The Morgan fingerprint density at radius 1 is 1.29 bits per heavy atom. The summed E-state index contributed by atoms with van der Waals surface area (Å²) in [5.74, 6) is -1.39. The van der Waals surface area contributed by atoms with Gasteiger partial charge in [0.05, 0.1) is 11.9 Å². The van der Waals surface area contributed by atoms with Crippen molar-refractivity contribution in [2.75, 3.05) is 0 Å². The quantitative estimate of drug-likeness (QED) is 0.862. The fraction of sp³-hybridized carbons (Fsp3) is 0.438. The van der Waals surface area contributed by atoms with Crippen molar-refractivity contribution in [1.82, 2.24) is 9.97 Å². The highest BCUT2D eigenvalue weighted by Gasteiger charge is 2.36. The summed E-state index contributed by atoms with van der Waals surface area (Å²) in [5.41, 5.74) is 2.58. The van der Waals surface area contributed by atoms with Crippen molar-refractivity contribution in [1.29, 1.82) is 0 Å². The average Bonchev–Trinajstić information content (AvgIpc) is 2.91. The number of aromatic amines is 1. The number of benzene rings is 1. The Morgan fingerprint density at radius 2 is 2.00 bits per heavy atom. The van der Waals surface area contributed by atoms with Gasteiger partial charge in [0.25, 0.3) is 0 Å². The molecule has 0 aliphatic heterocycles. The molecule has 1 heterocycles. The van der Waals surface area contributed by atoms with E-state index in [1.807, 2.05) is 19.1 Å². The molecule has 1 aromatic carbocycles. The Hall–Kier alpha value is -1.91. The van der Waals surface area contributed by atoms with Crippen molar-refractivity contribution in [2.24, 2.45) is 0 Å². The molecule has 2 aromatic rings. The van der Waals surface area contributed by atoms with Gasteiger partial charge in [-0.15, -0.1) is 0 Å². The number of alkyl halides is 2. The van der Waals surface area contributed by atoms with Crippen molar-refractivity contribution in [2.45, 2.75) is 44.4 Å². The Balaban J connectivity index is 1.79. The largest absolute Gasteiger partial charge is 0.508 e. The molecule has 2 N–H and O–H groups in total. The Kier molecular flexibility index (Phi) is 3.43. The lowest BCUT2D eigenvalue weighted by Crippen LogP contribution is -2.24. The van der Waals surface area contributed by atoms with Crippen LogP contribution < -0.4 is 0 Å². The maximum Gasteiger partial charge on any atom is 0.248 e. The van der Waals surface area contributed by atoms with E-state index in [1.54, 1.807) is 12.3 Å². The minimum Gasteiger partial charge on any atom is -0.508 e. The van der Waals surface area contributed by atoms with Crippen LogP contribution in [0.1, 0.15) is 43.0 Å². The van der Waals surface area contributed by atoms with Gasteiger partial charge in [0.15, 0.2) is 0 Å². The summed E-state index contributed by atoms with van der Waals surface area (Å²) in [7, 11) is 0. The van der Waals surface area contributed by atoms with Crippen molar-refractivity contribution < 1.29 is 13.9 Å². The summed E-state index contributed by atoms with van der Waals surface area (Å²) in [6.45, 7) is 1.83. The van der Waals surface area contributed by atoms with E-state index in [0.29, 0.717) is 12.8 Å². The Bertz CT molecular complexity index is 641. The number of aromatic nitrogens is 2. The highest BCUT2D eigenvalue weighted by atomic mass is 19.3. The molecule has 0 saturated heterocycles. The number of H-pyrrole nitrogens is 1. The summed E-state index contributed by atoms with van der Waals surface area (Å²) < 4.78 is 26.4. The zero-order valence-corrected chi connectivity index (χ0v) is 11.9. The van der Waals surface area contributed by atoms with E-state index in [-0.39, 0.29) is 24.5 Å². The predicted molar refractivity (Wildman–Crippen MR) is 76.6 cm³/mol. The van der Waals surface area contributed by atoms with Crippen molar-refractivity contribution in [3.8, 4) is 17.0 Å². The molecular formula is C16H18F2N2O. The van der Waals surface area contributed by atoms with Gasteiger partial charge in [-0.1, -0.05) is 0 Å². The number of nitrogens with zero attached hydrogens (tertiary/aromatic N) is 1. The van der Waals surface area contributed by atoms with Gasteiger partial charge < -0.3 is 10.1 Å². The van der Waals surface area contributed by atoms with Crippen LogP contribution in [0.2, 0.25) is 0 Å². The third kappa shape index (κ3) is 2.91. The van der Waals surface area contributed by atoms with Gasteiger partial charge in [0.2, 0.25) is 5.92 Å². The zero-order valence-electron chi connectivity index (χ0n) is 11.9. The van der Waals surface area contributed by atoms with E-state index in [9.17, 15) is 13.9 Å². The highest BCUT2D eigenvalue weighted by Crippen LogP contribution is 2.40. The first-order valence-electron chi connectivity index (χ1n) is 7.17. The monoisotopic (exact) mass is 292 g/mol. The van der Waals surface area contributed by atoms with Gasteiger partial charge >= 0.3 is 0 Å². The fourth-order valence-corrected chi connectivity index (χ4v) is 2.83. The summed E-state index contributed by atoms with van der Waals surface area (Å²) in [6.07, 6.45) is 2.54. The van der Waals surface area contributed by atoms with Crippen molar-refractivity contribution in [3.63, 3.8) is 0 Å². The number of phenols is 1. The van der Waals surface area contributed by atoms with Gasteiger partial charge in [0.1, 0.15) is 11.6 Å². The molecule has 1 aliphatic carbocycles. The number of aryl methyl sites for hydroxylation is 1. The molecule has 1 aromatic heterocycles. The number of rotatable bonds is 2. The Morgan fingerprint density at radius 3 is 2.67 bits per heavy atom. The van der Waals surface area contributed by atoms with Crippen LogP contribution in [0.3, 0.4) is 0 Å². The zero-order chi connectivity index (χ0) is 15.0. The smallest absolute Gasteiger partial charge is 0.248 e. The minimum absolute atomic E-state index is 0.0635. The molecule has 3 rings (SSSR count). The average molecular weight is 292 g/mol. The summed E-state index contributed by atoms with van der Waals surface area (Å²) in [5, 5.41) is 9.55. The summed E-state index contributed by atoms with van der Waals surface area (Å²) >= 11 is 0. The molecule has 1 aliphatic rings. The lowest BCUT2D eigenvalue weighted by atomic mass is 9.86. The second-order valence-corrected chi connectivity index (χ2v) is 5.81. The molecule has 0 bridgehead atoms. The molecule has 3 nitrogen and oxygen atoms in total. The standard InChI is InChI=1S/C16H18F2N2O/c1-10-8-12(2-3-14(10)21)13-9-19-15(20-13)11-4-6-16(17,18)7-5-11/h2-3,8-9,11,21H,4-7H2,1H3,(H,19,20). The molecular weight excluding hydrogens is 274 g/mol. The molecule has 0 atom stereocenters. The van der Waals surface area contributed by atoms with Gasteiger partial charge in [-0.2, -0.15) is 0 Å². The molecule has 5 heteroatoms. The number of hydrogen-bond acceptors (Lipinski definition) is 2. The normalized spacial score (nSPS) is 18.8. The minimum atomic E-state index is -2.51. The molecule has 21 heavy (non-hydrogen) atoms. The first kappa shape index (κ1) is 14.0. The number of imidazole rings is 1. The van der Waals surface area contributed by atoms with Gasteiger partial charge in [-0.05, 0) is 43.5 Å². The third-order valence-electron chi connectivity index (χ3n) is 4.21. The Labute approximate surface area is 122 Å². The molecule has 1 saturated carbocycles. The molecule has 112 valence electrons. The molecule has 1 fully saturated rings. The highest BCUT2D eigenvalue weighted by molar-refractivity contribution is 5.61. The van der Waals surface area contributed by atoms with Crippen molar-refractivity contribution >= 4 is 0 Å². The van der Waals surface area contributed by atoms with Crippen LogP contribution in [0.15, 0.2) is 24.4 Å². The summed E-state index contributed by atoms with van der Waals surface area (Å²) in [6, 6.07) is 5.34. The molecule has 0 amide bonds. The van der Waals surface area contributed by atoms with Gasteiger partial charge in [0, 0.05) is 24.3 Å².